The normalized spacial score (nSPS) is 15.8. The lowest BCUT2D eigenvalue weighted by Gasteiger charge is -2.27. The van der Waals surface area contributed by atoms with Crippen LogP contribution < -0.4 is 10.6 Å². The van der Waals surface area contributed by atoms with Gasteiger partial charge >= 0.3 is 0 Å². The Bertz CT molecular complexity index is 766. The second-order valence-electron chi connectivity index (χ2n) is 6.93. The molecule has 3 rings (SSSR count). The minimum Gasteiger partial charge on any atom is -0.392 e. The van der Waals surface area contributed by atoms with Crippen molar-refractivity contribution < 1.29 is 9.50 Å². The quantitative estimate of drug-likeness (QED) is 0.275. The molecule has 3 N–H and O–H groups in total. The Hall–Kier alpha value is -1.23. The average Bonchev–Trinajstić information content (AvgIpc) is 3.42. The lowest BCUT2D eigenvalue weighted by molar-refractivity contribution is 0.249. The van der Waals surface area contributed by atoms with Crippen LogP contribution in [0.4, 0.5) is 4.39 Å². The SMILES string of the molecule is CCNC(=NCc1ccc(F)c(CO)c1)NCC(c1cccs1)N1CCCC1.I. The fourth-order valence-electron chi connectivity index (χ4n) is 3.50. The van der Waals surface area contributed by atoms with Gasteiger partial charge in [-0.2, -0.15) is 0 Å². The predicted molar refractivity (Wildman–Crippen MR) is 128 cm³/mol. The van der Waals surface area contributed by atoms with Crippen LogP contribution in [0.15, 0.2) is 40.7 Å². The molecule has 0 aliphatic carbocycles. The van der Waals surface area contributed by atoms with E-state index in [1.807, 2.05) is 6.92 Å². The van der Waals surface area contributed by atoms with Gasteiger partial charge in [0, 0.05) is 23.5 Å². The van der Waals surface area contributed by atoms with Crippen molar-refractivity contribution in [2.45, 2.75) is 39.0 Å². The van der Waals surface area contributed by atoms with Gasteiger partial charge in [-0.1, -0.05) is 12.1 Å². The molecule has 1 aromatic heterocycles. The first-order valence-corrected chi connectivity index (χ1v) is 10.8. The summed E-state index contributed by atoms with van der Waals surface area (Å²) in [7, 11) is 0. The molecule has 1 fully saturated rings. The van der Waals surface area contributed by atoms with Gasteiger partial charge in [-0.25, -0.2) is 9.38 Å². The van der Waals surface area contributed by atoms with Crippen molar-refractivity contribution >= 4 is 41.3 Å². The van der Waals surface area contributed by atoms with E-state index in [1.54, 1.807) is 23.5 Å². The van der Waals surface area contributed by atoms with Gasteiger partial charge in [-0.3, -0.25) is 4.90 Å². The van der Waals surface area contributed by atoms with Crippen molar-refractivity contribution in [2.24, 2.45) is 4.99 Å². The fraction of sp³-hybridized carbons (Fsp3) is 0.476. The Morgan fingerprint density at radius 2 is 2.07 bits per heavy atom. The van der Waals surface area contributed by atoms with Crippen LogP contribution >= 0.6 is 35.3 Å². The van der Waals surface area contributed by atoms with Crippen molar-refractivity contribution in [2.75, 3.05) is 26.2 Å². The number of aliphatic hydroxyl groups is 1. The van der Waals surface area contributed by atoms with Crippen LogP contribution in [0.5, 0.6) is 0 Å². The number of aliphatic hydroxyl groups excluding tert-OH is 1. The monoisotopic (exact) mass is 532 g/mol. The van der Waals surface area contributed by atoms with Crippen LogP contribution in [0.25, 0.3) is 0 Å². The summed E-state index contributed by atoms with van der Waals surface area (Å²) < 4.78 is 13.6. The topological polar surface area (TPSA) is 59.9 Å². The van der Waals surface area contributed by atoms with Gasteiger partial charge < -0.3 is 15.7 Å². The third-order valence-corrected chi connectivity index (χ3v) is 5.93. The van der Waals surface area contributed by atoms with Gasteiger partial charge in [0.05, 0.1) is 19.2 Å². The molecular weight excluding hydrogens is 502 g/mol. The summed E-state index contributed by atoms with van der Waals surface area (Å²) in [6, 6.07) is 9.42. The number of likely N-dealkylation sites (tertiary alicyclic amines) is 1. The molecule has 0 saturated carbocycles. The second kappa shape index (κ2) is 12.5. The number of rotatable bonds is 8. The molecule has 0 bridgehead atoms. The highest BCUT2D eigenvalue weighted by molar-refractivity contribution is 14.0. The van der Waals surface area contributed by atoms with E-state index in [0.717, 1.165) is 37.7 Å². The maximum absolute atomic E-state index is 13.6. The van der Waals surface area contributed by atoms with E-state index in [4.69, 9.17) is 0 Å². The number of benzene rings is 1. The molecule has 0 radical (unpaired) electrons. The van der Waals surface area contributed by atoms with Gasteiger partial charge in [-0.15, -0.1) is 35.3 Å². The van der Waals surface area contributed by atoms with E-state index in [0.29, 0.717) is 18.2 Å². The standard InChI is InChI=1S/C21H29FN4OS.HI/c1-2-23-21(24-13-16-7-8-18(22)17(12-16)15-27)25-14-19(20-6-5-11-28-20)26-9-3-4-10-26;/h5-8,11-12,19,27H,2-4,9-10,13-15H2,1H3,(H2,23,24,25);1H. The molecule has 5 nitrogen and oxygen atoms in total. The third-order valence-electron chi connectivity index (χ3n) is 4.96. The maximum Gasteiger partial charge on any atom is 0.191 e. The molecular formula is C21H30FIN4OS. The van der Waals surface area contributed by atoms with Crippen molar-refractivity contribution in [1.29, 1.82) is 0 Å². The van der Waals surface area contributed by atoms with Crippen molar-refractivity contribution in [3.63, 3.8) is 0 Å². The first-order chi connectivity index (χ1) is 13.7. The first-order valence-electron chi connectivity index (χ1n) is 9.89. The van der Waals surface area contributed by atoms with Crippen LogP contribution in [0, 0.1) is 5.82 Å². The third kappa shape index (κ3) is 6.91. The Morgan fingerprint density at radius 3 is 2.72 bits per heavy atom. The largest absolute Gasteiger partial charge is 0.392 e. The smallest absolute Gasteiger partial charge is 0.191 e. The summed E-state index contributed by atoms with van der Waals surface area (Å²) in [5.41, 5.74) is 1.18. The van der Waals surface area contributed by atoms with E-state index in [2.05, 4.69) is 38.0 Å². The Kier molecular flexibility index (Phi) is 10.3. The van der Waals surface area contributed by atoms with Gasteiger partial charge in [0.25, 0.3) is 0 Å². The molecule has 29 heavy (non-hydrogen) atoms. The zero-order valence-electron chi connectivity index (χ0n) is 16.7. The number of hydrogen-bond donors (Lipinski definition) is 3. The predicted octanol–water partition coefficient (Wildman–Crippen LogP) is 3.89. The number of aliphatic imine (C=N–C) groups is 1. The number of nitrogens with zero attached hydrogens (tertiary/aromatic N) is 2. The van der Waals surface area contributed by atoms with Crippen LogP contribution in [0.2, 0.25) is 0 Å². The maximum atomic E-state index is 13.6. The average molecular weight is 532 g/mol. The molecule has 8 heteroatoms. The van der Waals surface area contributed by atoms with Gasteiger partial charge in [0.2, 0.25) is 0 Å². The van der Waals surface area contributed by atoms with Crippen molar-refractivity contribution in [1.82, 2.24) is 15.5 Å². The molecule has 1 aromatic carbocycles. The van der Waals surface area contributed by atoms with Gasteiger partial charge in [0.1, 0.15) is 5.82 Å². The molecule has 1 aliphatic heterocycles. The highest BCUT2D eigenvalue weighted by Gasteiger charge is 2.24. The zero-order chi connectivity index (χ0) is 19.8. The molecule has 2 aromatic rings. The Labute approximate surface area is 193 Å². The number of guanidine groups is 1. The molecule has 0 amide bonds. The lowest BCUT2D eigenvalue weighted by Crippen LogP contribution is -2.42. The Balaban J connectivity index is 0.00000300. The van der Waals surface area contributed by atoms with Gasteiger partial charge in [0.15, 0.2) is 5.96 Å². The fourth-order valence-corrected chi connectivity index (χ4v) is 4.36. The molecule has 1 saturated heterocycles. The van der Waals surface area contributed by atoms with Crippen LogP contribution in [0.3, 0.4) is 0 Å². The number of thiophene rings is 1. The summed E-state index contributed by atoms with van der Waals surface area (Å²) in [5, 5.41) is 18.1. The minimum absolute atomic E-state index is 0. The van der Waals surface area contributed by atoms with Crippen LogP contribution in [0.1, 0.15) is 41.8 Å². The van der Waals surface area contributed by atoms with E-state index in [1.165, 1.54) is 23.8 Å². The first kappa shape index (κ1) is 24.0. The molecule has 1 aliphatic rings. The molecule has 1 atom stereocenters. The summed E-state index contributed by atoms with van der Waals surface area (Å²) in [4.78, 5) is 8.55. The van der Waals surface area contributed by atoms with E-state index >= 15 is 0 Å². The summed E-state index contributed by atoms with van der Waals surface area (Å²) in [5.74, 6) is 0.364. The molecule has 160 valence electrons. The van der Waals surface area contributed by atoms with E-state index < -0.39 is 0 Å². The van der Waals surface area contributed by atoms with Crippen LogP contribution in [-0.2, 0) is 13.2 Å². The van der Waals surface area contributed by atoms with E-state index in [-0.39, 0.29) is 36.4 Å². The molecule has 0 spiro atoms. The molecule has 1 unspecified atom stereocenters. The number of halogens is 2. The summed E-state index contributed by atoms with van der Waals surface area (Å²) >= 11 is 1.80. The van der Waals surface area contributed by atoms with E-state index in [9.17, 15) is 9.50 Å². The summed E-state index contributed by atoms with van der Waals surface area (Å²) in [6.07, 6.45) is 2.52. The Morgan fingerprint density at radius 1 is 1.28 bits per heavy atom. The molecule has 2 heterocycles. The minimum atomic E-state index is -0.385. The van der Waals surface area contributed by atoms with Crippen molar-refractivity contribution in [3.8, 4) is 0 Å². The second-order valence-corrected chi connectivity index (χ2v) is 7.91. The summed E-state index contributed by atoms with van der Waals surface area (Å²) in [6.45, 7) is 5.99. The zero-order valence-corrected chi connectivity index (χ0v) is 19.9. The lowest BCUT2D eigenvalue weighted by atomic mass is 10.1. The highest BCUT2D eigenvalue weighted by Crippen LogP contribution is 2.27. The number of nitrogens with one attached hydrogen (secondary N) is 2. The van der Waals surface area contributed by atoms with Gasteiger partial charge in [-0.05, 0) is 62.0 Å². The van der Waals surface area contributed by atoms with Crippen molar-refractivity contribution in [3.05, 3.63) is 57.5 Å². The number of hydrogen-bond acceptors (Lipinski definition) is 4. The van der Waals surface area contributed by atoms with Crippen LogP contribution in [-0.4, -0.2) is 42.1 Å². The highest BCUT2D eigenvalue weighted by atomic mass is 127.